The van der Waals surface area contributed by atoms with Gasteiger partial charge in [-0.15, -0.1) is 0 Å². The van der Waals surface area contributed by atoms with E-state index in [9.17, 15) is 13.7 Å². The minimum absolute atomic E-state index is 0.317. The second-order valence-corrected chi connectivity index (χ2v) is 12.2. The van der Waals surface area contributed by atoms with Gasteiger partial charge in [-0.1, -0.05) is 6.08 Å². The summed E-state index contributed by atoms with van der Waals surface area (Å²) in [6.45, 7) is 9.04. The summed E-state index contributed by atoms with van der Waals surface area (Å²) in [6, 6.07) is 11.4. The number of hydrogen-bond acceptors (Lipinski definition) is 9. The second kappa shape index (κ2) is 11.7. The van der Waals surface area contributed by atoms with E-state index in [0.717, 1.165) is 22.4 Å². The lowest BCUT2D eigenvalue weighted by Gasteiger charge is -2.36. The number of piperazine rings is 1. The van der Waals surface area contributed by atoms with Gasteiger partial charge in [0.25, 0.3) is 0 Å². The Bertz CT molecular complexity index is 1540. The fourth-order valence-corrected chi connectivity index (χ4v) is 5.88. The molecular formula is C28H31N7O3S. The van der Waals surface area contributed by atoms with E-state index in [1.165, 1.54) is 10.4 Å². The van der Waals surface area contributed by atoms with Crippen molar-refractivity contribution in [3.63, 3.8) is 0 Å². The topological polar surface area (TPSA) is 135 Å². The molecule has 1 saturated heterocycles. The van der Waals surface area contributed by atoms with Crippen LogP contribution in [0.5, 0.6) is 5.88 Å². The van der Waals surface area contributed by atoms with Gasteiger partial charge in [0.2, 0.25) is 21.9 Å². The first-order chi connectivity index (χ1) is 18.6. The zero-order valence-corrected chi connectivity index (χ0v) is 23.3. The molecule has 202 valence electrons. The number of aromatic nitrogens is 2. The summed E-state index contributed by atoms with van der Waals surface area (Å²) < 4.78 is 32.6. The highest BCUT2D eigenvalue weighted by molar-refractivity contribution is 7.89. The molecule has 0 radical (unpaired) electrons. The Hall–Kier alpha value is -4.19. The number of ether oxygens (including phenoxy) is 1. The molecular weight excluding hydrogens is 514 g/mol. The maximum Gasteiger partial charge on any atom is 0.230 e. The number of nitrogens with one attached hydrogen (secondary N) is 1. The fourth-order valence-electron chi connectivity index (χ4n) is 4.61. The molecule has 2 aliphatic rings. The van der Waals surface area contributed by atoms with Crippen molar-refractivity contribution in [3.8, 4) is 18.0 Å². The molecule has 1 aromatic carbocycles. The van der Waals surface area contributed by atoms with Crippen LogP contribution in [0.4, 0.5) is 17.3 Å². The smallest absolute Gasteiger partial charge is 0.230 e. The number of hydrogen-bond donors (Lipinski definition) is 1. The first-order valence-electron chi connectivity index (χ1n) is 12.7. The molecule has 0 atom stereocenters. The summed E-state index contributed by atoms with van der Waals surface area (Å²) in [7, 11) is -3.30. The van der Waals surface area contributed by atoms with E-state index in [0.29, 0.717) is 61.4 Å². The van der Waals surface area contributed by atoms with Crippen molar-refractivity contribution in [1.82, 2.24) is 14.3 Å². The quantitative estimate of drug-likeness (QED) is 0.502. The Morgan fingerprint density at radius 2 is 1.87 bits per heavy atom. The summed E-state index contributed by atoms with van der Waals surface area (Å²) in [6.07, 6.45) is 5.69. The fraction of sp³-hybridized carbons (Fsp3) is 0.357. The number of nitrogens with zero attached hydrogens (tertiary/aromatic N) is 6. The second-order valence-electron chi connectivity index (χ2n) is 9.73. The third-order valence-corrected chi connectivity index (χ3v) is 8.89. The van der Waals surface area contributed by atoms with Crippen LogP contribution in [0.3, 0.4) is 0 Å². The summed E-state index contributed by atoms with van der Waals surface area (Å²) in [5.74, 6) is 1.40. The van der Waals surface area contributed by atoms with Gasteiger partial charge in [-0.3, -0.25) is 0 Å². The largest absolute Gasteiger partial charge is 0.439 e. The van der Waals surface area contributed by atoms with Gasteiger partial charge in [0, 0.05) is 50.2 Å². The van der Waals surface area contributed by atoms with E-state index < -0.39 is 15.3 Å². The minimum Gasteiger partial charge on any atom is -0.439 e. The van der Waals surface area contributed by atoms with Crippen LogP contribution >= 0.6 is 0 Å². The zero-order valence-electron chi connectivity index (χ0n) is 22.5. The summed E-state index contributed by atoms with van der Waals surface area (Å²) in [5.41, 5.74) is 4.71. The normalized spacial score (nSPS) is 17.6. The van der Waals surface area contributed by atoms with Crippen molar-refractivity contribution in [2.45, 2.75) is 39.4 Å². The molecule has 4 rings (SSSR count). The highest BCUT2D eigenvalue weighted by Gasteiger charge is 2.30. The van der Waals surface area contributed by atoms with Gasteiger partial charge in [-0.25, -0.2) is 13.4 Å². The minimum atomic E-state index is -3.30. The molecule has 10 nitrogen and oxygen atoms in total. The van der Waals surface area contributed by atoms with Crippen LogP contribution in [-0.4, -0.2) is 54.1 Å². The van der Waals surface area contributed by atoms with Gasteiger partial charge in [-0.05, 0) is 69.0 Å². The van der Waals surface area contributed by atoms with Crippen LogP contribution in [0.15, 0.2) is 65.1 Å². The number of allylic oxidation sites excluding steroid dienone is 5. The number of rotatable bonds is 7. The molecule has 2 heterocycles. The van der Waals surface area contributed by atoms with Crippen LogP contribution in [0.1, 0.15) is 39.7 Å². The van der Waals surface area contributed by atoms with E-state index >= 15 is 0 Å². The van der Waals surface area contributed by atoms with Crippen LogP contribution in [0.2, 0.25) is 0 Å². The number of nitriles is 2. The molecule has 0 spiro atoms. The lowest BCUT2D eigenvalue weighted by atomic mass is 9.95. The van der Waals surface area contributed by atoms with Gasteiger partial charge in [-0.2, -0.15) is 19.8 Å². The molecule has 1 aromatic heterocycles. The monoisotopic (exact) mass is 545 g/mol. The molecule has 1 fully saturated rings. The lowest BCUT2D eigenvalue weighted by Crippen LogP contribution is -2.50. The first-order valence-corrected chi connectivity index (χ1v) is 14.2. The maximum absolute atomic E-state index is 12.5. The number of anilines is 3. The third-order valence-electron chi connectivity index (χ3n) is 6.61. The van der Waals surface area contributed by atoms with Crippen LogP contribution < -0.4 is 15.0 Å². The molecule has 0 saturated carbocycles. The summed E-state index contributed by atoms with van der Waals surface area (Å²) >= 11 is 0. The van der Waals surface area contributed by atoms with Crippen molar-refractivity contribution in [3.05, 3.63) is 70.7 Å². The Morgan fingerprint density at radius 3 is 2.51 bits per heavy atom. The highest BCUT2D eigenvalue weighted by Crippen LogP contribution is 2.31. The standard InChI is InChI=1S/C28H31N7O3S/c1-19(2)39(36,37)35-13-11-34(12-14-35)25-6-5-24(17-23(25)18-30)32-28-31-10-8-26(33-28)38-27-20(3)15-22(7-9-29)16-21(27)4/h5-8,10,15,17,19H,11-14,16H2,1-4H3,(H,31,32,33)/b22-7+. The van der Waals surface area contributed by atoms with Crippen LogP contribution in [0.25, 0.3) is 0 Å². The Morgan fingerprint density at radius 1 is 1.13 bits per heavy atom. The average molecular weight is 546 g/mol. The first kappa shape index (κ1) is 27.8. The van der Waals surface area contributed by atoms with Crippen molar-refractivity contribution in [2.24, 2.45) is 0 Å². The summed E-state index contributed by atoms with van der Waals surface area (Å²) in [4.78, 5) is 10.8. The van der Waals surface area contributed by atoms with E-state index in [1.807, 2.05) is 37.0 Å². The molecule has 2 aromatic rings. The Labute approximate surface area is 229 Å². The highest BCUT2D eigenvalue weighted by atomic mass is 32.2. The average Bonchev–Trinajstić information content (AvgIpc) is 2.91. The van der Waals surface area contributed by atoms with Gasteiger partial charge >= 0.3 is 0 Å². The van der Waals surface area contributed by atoms with E-state index in [1.54, 1.807) is 32.2 Å². The van der Waals surface area contributed by atoms with Crippen molar-refractivity contribution in [1.29, 1.82) is 10.5 Å². The summed E-state index contributed by atoms with van der Waals surface area (Å²) in [5, 5.41) is 21.4. The molecule has 1 aliphatic heterocycles. The molecule has 11 heteroatoms. The SMILES string of the molecule is CC1=C/C(=C\C#N)CC(C)=C1Oc1ccnc(Nc2ccc(N3CCN(S(=O)(=O)C(C)C)CC3)c(C#N)c2)n1. The Kier molecular flexibility index (Phi) is 8.34. The van der Waals surface area contributed by atoms with Gasteiger partial charge in [0.05, 0.1) is 22.6 Å². The molecule has 0 unspecified atom stereocenters. The Balaban J connectivity index is 1.46. The predicted octanol–water partition coefficient (Wildman–Crippen LogP) is 4.40. The molecule has 1 aliphatic carbocycles. The number of benzene rings is 1. The maximum atomic E-state index is 12.5. The van der Waals surface area contributed by atoms with E-state index in [4.69, 9.17) is 10.00 Å². The van der Waals surface area contributed by atoms with Crippen LogP contribution in [0, 0.1) is 22.7 Å². The molecule has 39 heavy (non-hydrogen) atoms. The van der Waals surface area contributed by atoms with E-state index in [-0.39, 0.29) is 0 Å². The van der Waals surface area contributed by atoms with Crippen molar-refractivity contribution in [2.75, 3.05) is 36.4 Å². The van der Waals surface area contributed by atoms with Gasteiger partial charge < -0.3 is 15.0 Å². The third kappa shape index (κ3) is 6.28. The van der Waals surface area contributed by atoms with Crippen molar-refractivity contribution < 1.29 is 13.2 Å². The van der Waals surface area contributed by atoms with Crippen LogP contribution in [-0.2, 0) is 10.0 Å². The van der Waals surface area contributed by atoms with Gasteiger partial charge in [0.1, 0.15) is 11.8 Å². The zero-order chi connectivity index (χ0) is 28.2. The van der Waals surface area contributed by atoms with Crippen molar-refractivity contribution >= 4 is 27.3 Å². The number of sulfonamides is 1. The molecule has 0 bridgehead atoms. The predicted molar refractivity (Wildman–Crippen MR) is 150 cm³/mol. The molecule has 1 N–H and O–H groups in total. The van der Waals surface area contributed by atoms with Gasteiger partial charge in [0.15, 0.2) is 0 Å². The lowest BCUT2D eigenvalue weighted by molar-refractivity contribution is 0.381. The molecule has 0 amide bonds. The van der Waals surface area contributed by atoms with E-state index in [2.05, 4.69) is 27.4 Å².